The van der Waals surface area contributed by atoms with Gasteiger partial charge in [0.2, 0.25) is 0 Å². The van der Waals surface area contributed by atoms with Crippen LogP contribution in [0.1, 0.15) is 47.4 Å². The van der Waals surface area contributed by atoms with Crippen molar-refractivity contribution < 1.29 is 45.0 Å². The second-order valence-corrected chi connectivity index (χ2v) is 9.60. The Kier molecular flexibility index (Phi) is 7.19. The molecule has 1 heterocycles. The molecule has 1 saturated heterocycles. The smallest absolute Gasteiger partial charge is 0.423 e. The van der Waals surface area contributed by atoms with Crippen LogP contribution in [-0.4, -0.2) is 18.8 Å². The van der Waals surface area contributed by atoms with Gasteiger partial charge in [0.05, 0.1) is 11.7 Å². The summed E-state index contributed by atoms with van der Waals surface area (Å²) >= 11 is 0. The van der Waals surface area contributed by atoms with E-state index in [-0.39, 0.29) is 33.4 Å². The summed E-state index contributed by atoms with van der Waals surface area (Å²) in [6, 6.07) is 9.49. The molecule has 2 unspecified atom stereocenters. The van der Waals surface area contributed by atoms with Gasteiger partial charge in [-0.15, -0.1) is 0 Å². The standard InChI is InChI=1S/C30H19F7O3/c1-15-2-7-25(39-14-15)16-3-5-21-17(10-16)13-24(32)26(28(21)34)29(38)40-19-4-6-20-18(11-19)12-23(31)22(27(20)33)8-9-30(35,36)37/h3-6,10-13,15,25H,2,7,14H2,1H3. The van der Waals surface area contributed by atoms with E-state index in [1.54, 1.807) is 12.1 Å². The van der Waals surface area contributed by atoms with E-state index >= 15 is 4.39 Å². The van der Waals surface area contributed by atoms with Crippen LogP contribution >= 0.6 is 0 Å². The lowest BCUT2D eigenvalue weighted by atomic mass is 9.94. The lowest BCUT2D eigenvalue weighted by Gasteiger charge is -2.27. The van der Waals surface area contributed by atoms with Gasteiger partial charge >= 0.3 is 12.1 Å². The molecule has 1 aliphatic heterocycles. The Morgan fingerprint density at radius 3 is 2.27 bits per heavy atom. The summed E-state index contributed by atoms with van der Waals surface area (Å²) in [5.74, 6) is -4.05. The van der Waals surface area contributed by atoms with Gasteiger partial charge in [0.25, 0.3) is 0 Å². The van der Waals surface area contributed by atoms with E-state index in [0.717, 1.165) is 48.6 Å². The molecule has 0 bridgehead atoms. The number of carbonyl (C=O) groups excluding carboxylic acids is 1. The van der Waals surface area contributed by atoms with E-state index in [0.29, 0.717) is 18.6 Å². The van der Waals surface area contributed by atoms with Crippen molar-refractivity contribution in [3.63, 3.8) is 0 Å². The summed E-state index contributed by atoms with van der Waals surface area (Å²) in [6.45, 7) is 2.65. The highest BCUT2D eigenvalue weighted by atomic mass is 19.4. The number of ether oxygens (including phenoxy) is 2. The van der Waals surface area contributed by atoms with E-state index in [1.165, 1.54) is 12.0 Å². The van der Waals surface area contributed by atoms with Crippen molar-refractivity contribution in [2.45, 2.75) is 32.0 Å². The summed E-state index contributed by atoms with van der Waals surface area (Å²) in [7, 11) is 0. The molecule has 0 spiro atoms. The Labute approximate surface area is 223 Å². The lowest BCUT2D eigenvalue weighted by molar-refractivity contribution is -0.0696. The Morgan fingerprint density at radius 1 is 0.900 bits per heavy atom. The maximum atomic E-state index is 15.3. The van der Waals surface area contributed by atoms with E-state index in [4.69, 9.17) is 9.47 Å². The van der Waals surface area contributed by atoms with Crippen molar-refractivity contribution >= 4 is 27.5 Å². The van der Waals surface area contributed by atoms with Gasteiger partial charge < -0.3 is 9.47 Å². The molecule has 0 aromatic heterocycles. The molecule has 3 nitrogen and oxygen atoms in total. The molecule has 0 amide bonds. The minimum Gasteiger partial charge on any atom is -0.423 e. The summed E-state index contributed by atoms with van der Waals surface area (Å²) in [6.07, 6.45) is -3.43. The fourth-order valence-corrected chi connectivity index (χ4v) is 4.66. The van der Waals surface area contributed by atoms with Gasteiger partial charge in [0.1, 0.15) is 34.6 Å². The number of hydrogen-bond acceptors (Lipinski definition) is 3. The molecule has 0 radical (unpaired) electrons. The number of rotatable bonds is 3. The highest BCUT2D eigenvalue weighted by Gasteiger charge is 2.26. The van der Waals surface area contributed by atoms with Crippen LogP contribution in [-0.2, 0) is 4.74 Å². The van der Waals surface area contributed by atoms with Crippen molar-refractivity contribution in [1.29, 1.82) is 0 Å². The van der Waals surface area contributed by atoms with Crippen molar-refractivity contribution in [3.05, 3.63) is 88.5 Å². The van der Waals surface area contributed by atoms with E-state index in [1.807, 2.05) is 0 Å². The van der Waals surface area contributed by atoms with Crippen LogP contribution < -0.4 is 4.74 Å². The van der Waals surface area contributed by atoms with Gasteiger partial charge in [0.15, 0.2) is 0 Å². The number of hydrogen-bond donors (Lipinski definition) is 0. The van der Waals surface area contributed by atoms with Crippen LogP contribution in [0.3, 0.4) is 0 Å². The Bertz CT molecular complexity index is 1710. The third-order valence-corrected chi connectivity index (χ3v) is 6.67. The molecule has 206 valence electrons. The van der Waals surface area contributed by atoms with Crippen LogP contribution in [0, 0.1) is 41.0 Å². The summed E-state index contributed by atoms with van der Waals surface area (Å²) < 4.78 is 107. The first-order chi connectivity index (χ1) is 18.9. The van der Waals surface area contributed by atoms with Crippen LogP contribution in [0.5, 0.6) is 5.75 Å². The Hall–Kier alpha value is -4.10. The number of alkyl halides is 3. The normalized spacial score (nSPS) is 17.5. The van der Waals surface area contributed by atoms with Crippen molar-refractivity contribution in [3.8, 4) is 17.6 Å². The molecule has 4 aromatic rings. The van der Waals surface area contributed by atoms with Gasteiger partial charge in [-0.3, -0.25) is 0 Å². The molecular formula is C30H19F7O3. The van der Waals surface area contributed by atoms with Gasteiger partial charge in [-0.1, -0.05) is 25.0 Å². The maximum absolute atomic E-state index is 15.3. The van der Waals surface area contributed by atoms with Crippen LogP contribution in [0.25, 0.3) is 21.5 Å². The first kappa shape index (κ1) is 27.5. The van der Waals surface area contributed by atoms with Gasteiger partial charge in [-0.05, 0) is 71.5 Å². The Morgan fingerprint density at radius 2 is 1.57 bits per heavy atom. The van der Waals surface area contributed by atoms with Crippen molar-refractivity contribution in [2.24, 2.45) is 5.92 Å². The Balaban J connectivity index is 1.43. The largest absolute Gasteiger partial charge is 0.458 e. The molecule has 1 fully saturated rings. The quantitative estimate of drug-likeness (QED) is 0.110. The third-order valence-electron chi connectivity index (χ3n) is 6.67. The summed E-state index contributed by atoms with van der Waals surface area (Å²) in [5, 5.41) is -0.268. The molecule has 2 atom stereocenters. The zero-order valence-electron chi connectivity index (χ0n) is 20.8. The maximum Gasteiger partial charge on any atom is 0.458 e. The minimum absolute atomic E-state index is 0.0172. The van der Waals surface area contributed by atoms with Gasteiger partial charge in [0, 0.05) is 23.3 Å². The number of esters is 1. The topological polar surface area (TPSA) is 35.5 Å². The van der Waals surface area contributed by atoms with Crippen LogP contribution in [0.2, 0.25) is 0 Å². The van der Waals surface area contributed by atoms with Crippen molar-refractivity contribution in [1.82, 2.24) is 0 Å². The molecule has 5 rings (SSSR count). The third kappa shape index (κ3) is 5.47. The zero-order valence-corrected chi connectivity index (χ0v) is 20.8. The lowest BCUT2D eigenvalue weighted by Crippen LogP contribution is -2.18. The first-order valence-electron chi connectivity index (χ1n) is 12.2. The fraction of sp³-hybridized carbons (Fsp3) is 0.233. The molecule has 10 heteroatoms. The highest BCUT2D eigenvalue weighted by Crippen LogP contribution is 2.34. The average molecular weight is 560 g/mol. The van der Waals surface area contributed by atoms with E-state index in [2.05, 4.69) is 6.92 Å². The van der Waals surface area contributed by atoms with Gasteiger partial charge in [-0.2, -0.15) is 13.2 Å². The van der Waals surface area contributed by atoms with Crippen LogP contribution in [0.15, 0.2) is 48.5 Å². The van der Waals surface area contributed by atoms with E-state index in [9.17, 15) is 31.1 Å². The minimum atomic E-state index is -4.95. The zero-order chi connectivity index (χ0) is 28.8. The summed E-state index contributed by atoms with van der Waals surface area (Å²) in [4.78, 5) is 12.8. The fourth-order valence-electron chi connectivity index (χ4n) is 4.66. The number of benzene rings is 4. The molecule has 4 aromatic carbocycles. The highest BCUT2D eigenvalue weighted by molar-refractivity contribution is 5.98. The molecule has 0 saturated carbocycles. The number of halogens is 7. The second kappa shape index (κ2) is 10.5. The average Bonchev–Trinajstić information content (AvgIpc) is 2.88. The first-order valence-corrected chi connectivity index (χ1v) is 12.2. The number of fused-ring (bicyclic) bond motifs is 2. The SMILES string of the molecule is CC1CCC(c2ccc3c(F)c(C(=O)Oc4ccc5c(F)c(C#CC(F)(F)F)c(F)cc5c4)c(F)cc3c2)OC1. The number of carbonyl (C=O) groups is 1. The summed E-state index contributed by atoms with van der Waals surface area (Å²) in [5.41, 5.74) is -1.28. The predicted octanol–water partition coefficient (Wildman–Crippen LogP) is 8.17. The molecule has 0 aliphatic carbocycles. The predicted molar refractivity (Wildman–Crippen MR) is 133 cm³/mol. The van der Waals surface area contributed by atoms with Crippen LogP contribution in [0.4, 0.5) is 30.7 Å². The molecule has 0 N–H and O–H groups in total. The molecule has 1 aliphatic rings. The molecular weight excluding hydrogens is 541 g/mol. The van der Waals surface area contributed by atoms with E-state index < -0.39 is 46.5 Å². The second-order valence-electron chi connectivity index (χ2n) is 9.60. The van der Waals surface area contributed by atoms with Crippen molar-refractivity contribution in [2.75, 3.05) is 6.61 Å². The molecule has 40 heavy (non-hydrogen) atoms. The monoisotopic (exact) mass is 560 g/mol. The van der Waals surface area contributed by atoms with Gasteiger partial charge in [-0.25, -0.2) is 22.4 Å².